The zero-order valence-electron chi connectivity index (χ0n) is 7.57. The monoisotopic (exact) mass is 296 g/mol. The lowest BCUT2D eigenvalue weighted by Crippen LogP contribution is -2.19. The average molecular weight is 298 g/mol. The maximum Gasteiger partial charge on any atom is 0.146 e. The molecule has 0 aromatic heterocycles. The number of hydrogen-bond donors (Lipinski definition) is 2. The van der Waals surface area contributed by atoms with Crippen LogP contribution in [0.25, 0.3) is 0 Å². The smallest absolute Gasteiger partial charge is 0.146 e. The Morgan fingerprint density at radius 1 is 1.06 bits per heavy atom. The van der Waals surface area contributed by atoms with Gasteiger partial charge in [0.2, 0.25) is 0 Å². The summed E-state index contributed by atoms with van der Waals surface area (Å²) in [5.74, 6) is 0.0116. The molecule has 3 nitrogen and oxygen atoms in total. The number of hydrogen-bond acceptors (Lipinski definition) is 2. The van der Waals surface area contributed by atoms with E-state index in [0.717, 1.165) is 0 Å². The molecule has 0 aliphatic carbocycles. The van der Waals surface area contributed by atoms with Gasteiger partial charge in [0.05, 0.1) is 20.1 Å². The normalized spacial score (nSPS) is 18.2. The number of nitrogens with one attached hydrogen (secondary N) is 2. The summed E-state index contributed by atoms with van der Waals surface area (Å²) in [5, 5.41) is 10.8. The lowest BCUT2D eigenvalue weighted by Gasteiger charge is -2.10. The number of benzene rings is 1. The highest BCUT2D eigenvalue weighted by Gasteiger charge is 2.33. The highest BCUT2D eigenvalue weighted by atomic mass is 35.5. The predicted molar refractivity (Wildman–Crippen MR) is 65.3 cm³/mol. The fourth-order valence-electron chi connectivity index (χ4n) is 1.59. The van der Waals surface area contributed by atoms with Crippen molar-refractivity contribution in [2.75, 3.05) is 0 Å². The predicted octanol–water partition coefficient (Wildman–Crippen LogP) is 3.47. The van der Waals surface area contributed by atoms with Crippen LogP contribution in [0.4, 0.5) is 0 Å². The highest BCUT2D eigenvalue weighted by Crippen LogP contribution is 2.45. The van der Waals surface area contributed by atoms with Crippen molar-refractivity contribution >= 4 is 58.5 Å². The van der Waals surface area contributed by atoms with Crippen molar-refractivity contribution in [1.29, 1.82) is 5.41 Å². The van der Waals surface area contributed by atoms with Crippen LogP contribution in [0.15, 0.2) is 0 Å². The van der Waals surface area contributed by atoms with Crippen LogP contribution in [0, 0.1) is 5.41 Å². The molecule has 1 aliphatic rings. The molecule has 1 heterocycles. The molecule has 2 rings (SSSR count). The molecule has 2 N–H and O–H groups in total. The molecule has 7 heteroatoms. The van der Waals surface area contributed by atoms with Crippen LogP contribution in [-0.2, 0) is 4.79 Å². The first kappa shape index (κ1) is 12.0. The second-order valence-corrected chi connectivity index (χ2v) is 4.69. The van der Waals surface area contributed by atoms with Gasteiger partial charge in [0.1, 0.15) is 18.2 Å². The number of carbonyl (C=O) groups is 1. The Bertz CT molecular complexity index is 515. The third-order valence-electron chi connectivity index (χ3n) is 2.30. The fraction of sp³-hybridized carbons (Fsp3) is 0.111. The summed E-state index contributed by atoms with van der Waals surface area (Å²) in [7, 11) is 0. The van der Waals surface area contributed by atoms with Gasteiger partial charge in [-0.1, -0.05) is 46.4 Å². The Hall–Kier alpha value is -0.480. The van der Waals surface area contributed by atoms with Gasteiger partial charge in [0.15, 0.2) is 0 Å². The van der Waals surface area contributed by atoms with Crippen molar-refractivity contribution in [3.05, 3.63) is 31.2 Å². The summed E-state index contributed by atoms with van der Waals surface area (Å²) in [5.41, 5.74) is 0.735. The van der Waals surface area contributed by atoms with Crippen molar-refractivity contribution in [2.45, 2.75) is 6.04 Å². The number of carbonyl (C=O) groups excluding carboxylic acids is 1. The largest absolute Gasteiger partial charge is 0.356 e. The topological polar surface area (TPSA) is 53.0 Å². The first-order valence-corrected chi connectivity index (χ1v) is 5.66. The standard InChI is InChI=1S/C9H4Cl4N2O/c10-5-3-2(1-16)15-9(14)4(3)6(11)8(13)7(5)12/h1-2H,(H2,14,15). The van der Waals surface area contributed by atoms with Gasteiger partial charge in [-0.3, -0.25) is 5.41 Å². The quantitative estimate of drug-likeness (QED) is 0.474. The number of aldehydes is 1. The minimum Gasteiger partial charge on any atom is -0.356 e. The third-order valence-corrected chi connectivity index (χ3v) is 4.12. The van der Waals surface area contributed by atoms with E-state index in [-0.39, 0.29) is 25.9 Å². The average Bonchev–Trinajstić information content (AvgIpc) is 2.60. The van der Waals surface area contributed by atoms with Crippen LogP contribution in [0.2, 0.25) is 20.1 Å². The van der Waals surface area contributed by atoms with E-state index in [2.05, 4.69) is 5.32 Å². The van der Waals surface area contributed by atoms with Gasteiger partial charge in [-0.05, 0) is 0 Å². The number of halogens is 4. The zero-order chi connectivity index (χ0) is 12.0. The molecule has 0 saturated carbocycles. The van der Waals surface area contributed by atoms with E-state index in [1.165, 1.54) is 0 Å². The van der Waals surface area contributed by atoms with Gasteiger partial charge >= 0.3 is 0 Å². The molecule has 1 aliphatic heterocycles. The van der Waals surface area contributed by atoms with Crippen LogP contribution in [0.1, 0.15) is 17.2 Å². The molecule has 1 unspecified atom stereocenters. The zero-order valence-corrected chi connectivity index (χ0v) is 10.6. The van der Waals surface area contributed by atoms with E-state index in [4.69, 9.17) is 51.8 Å². The van der Waals surface area contributed by atoms with Crippen LogP contribution in [-0.4, -0.2) is 12.1 Å². The number of amidine groups is 1. The molecule has 0 fully saturated rings. The number of rotatable bonds is 1. The molecule has 0 spiro atoms. The summed E-state index contributed by atoms with van der Waals surface area (Å²) in [6.07, 6.45) is 0.632. The summed E-state index contributed by atoms with van der Waals surface area (Å²) in [4.78, 5) is 10.8. The van der Waals surface area contributed by atoms with Gasteiger partial charge in [0.25, 0.3) is 0 Å². The van der Waals surface area contributed by atoms with E-state index >= 15 is 0 Å². The van der Waals surface area contributed by atoms with Crippen molar-refractivity contribution in [3.8, 4) is 0 Å². The Labute approximate surface area is 111 Å². The molecule has 16 heavy (non-hydrogen) atoms. The van der Waals surface area contributed by atoms with Gasteiger partial charge in [0, 0.05) is 11.1 Å². The van der Waals surface area contributed by atoms with Gasteiger partial charge in [-0.25, -0.2) is 0 Å². The van der Waals surface area contributed by atoms with Crippen molar-refractivity contribution in [1.82, 2.24) is 5.32 Å². The molecule has 0 amide bonds. The van der Waals surface area contributed by atoms with Crippen molar-refractivity contribution < 1.29 is 4.79 Å². The molecule has 0 saturated heterocycles. The summed E-state index contributed by atoms with van der Waals surface area (Å²) >= 11 is 23.7. The van der Waals surface area contributed by atoms with Crippen LogP contribution in [0.5, 0.6) is 0 Å². The molecule has 0 radical (unpaired) electrons. The Morgan fingerprint density at radius 2 is 1.62 bits per heavy atom. The maximum atomic E-state index is 10.8. The molecule has 1 aromatic rings. The van der Waals surface area contributed by atoms with E-state index in [0.29, 0.717) is 17.4 Å². The Kier molecular flexibility index (Phi) is 3.05. The minimum atomic E-state index is -0.706. The van der Waals surface area contributed by atoms with Gasteiger partial charge in [-0.15, -0.1) is 0 Å². The van der Waals surface area contributed by atoms with Crippen LogP contribution >= 0.6 is 46.4 Å². The Balaban J connectivity index is 2.85. The van der Waals surface area contributed by atoms with Crippen molar-refractivity contribution in [2.24, 2.45) is 0 Å². The first-order chi connectivity index (χ1) is 7.49. The lowest BCUT2D eigenvalue weighted by atomic mass is 10.1. The van der Waals surface area contributed by atoms with E-state index in [1.807, 2.05) is 0 Å². The van der Waals surface area contributed by atoms with Crippen molar-refractivity contribution in [3.63, 3.8) is 0 Å². The van der Waals surface area contributed by atoms with Crippen LogP contribution < -0.4 is 5.32 Å². The summed E-state index contributed by atoms with van der Waals surface area (Å²) < 4.78 is 0. The molecular formula is C9H4Cl4N2O. The Morgan fingerprint density at radius 3 is 2.19 bits per heavy atom. The number of fused-ring (bicyclic) bond motifs is 1. The molecule has 1 atom stereocenters. The second kappa shape index (κ2) is 4.08. The van der Waals surface area contributed by atoms with E-state index in [9.17, 15) is 4.79 Å². The van der Waals surface area contributed by atoms with Gasteiger partial charge < -0.3 is 10.1 Å². The summed E-state index contributed by atoms with van der Waals surface area (Å²) in [6.45, 7) is 0. The van der Waals surface area contributed by atoms with Crippen LogP contribution in [0.3, 0.4) is 0 Å². The fourth-order valence-corrected chi connectivity index (χ4v) is 2.67. The first-order valence-electron chi connectivity index (χ1n) is 4.15. The molecule has 84 valence electrons. The maximum absolute atomic E-state index is 10.8. The van der Waals surface area contributed by atoms with E-state index < -0.39 is 6.04 Å². The molecular weight excluding hydrogens is 294 g/mol. The minimum absolute atomic E-state index is 0.0116. The van der Waals surface area contributed by atoms with E-state index in [1.54, 1.807) is 0 Å². The molecule has 1 aromatic carbocycles. The summed E-state index contributed by atoms with van der Waals surface area (Å²) in [6, 6.07) is -0.706. The second-order valence-electron chi connectivity index (χ2n) is 3.18. The highest BCUT2D eigenvalue weighted by molar-refractivity contribution is 6.53. The lowest BCUT2D eigenvalue weighted by molar-refractivity contribution is -0.109. The SMILES string of the molecule is N=C1NC(C=O)c2c(Cl)c(Cl)c(Cl)c(Cl)c21. The third kappa shape index (κ3) is 1.51. The van der Waals surface area contributed by atoms with Gasteiger partial charge in [-0.2, -0.15) is 0 Å². The molecule has 0 bridgehead atoms.